The zero-order valence-electron chi connectivity index (χ0n) is 7.84. The van der Waals surface area contributed by atoms with E-state index in [0.717, 1.165) is 17.9 Å². The Labute approximate surface area is 86.1 Å². The molecule has 0 spiro atoms. The fraction of sp³-hybridized carbons (Fsp3) is 0.400. The number of hydrogen-bond donors (Lipinski definition) is 1. The third-order valence-corrected chi connectivity index (χ3v) is 2.76. The van der Waals surface area contributed by atoms with Gasteiger partial charge in [0.1, 0.15) is 11.6 Å². The molecule has 0 saturated carbocycles. The summed E-state index contributed by atoms with van der Waals surface area (Å²) >= 11 is 1.51. The van der Waals surface area contributed by atoms with Gasteiger partial charge >= 0.3 is 0 Å². The smallest absolute Gasteiger partial charge is 0.131 e. The molecule has 1 nitrogen and oxygen atoms in total. The normalized spacial score (nSPS) is 12.9. The Kier molecular flexibility index (Phi) is 4.35. The molecule has 0 aliphatic rings. The Balaban J connectivity index is 2.74. The van der Waals surface area contributed by atoms with Gasteiger partial charge in [0.2, 0.25) is 0 Å². The monoisotopic (exact) mass is 218 g/mol. The first-order valence-corrected chi connectivity index (χ1v) is 5.51. The van der Waals surface area contributed by atoms with Crippen molar-refractivity contribution < 1.29 is 13.9 Å². The molecule has 14 heavy (non-hydrogen) atoms. The number of thioether (sulfide) groups is 1. The molecule has 0 radical (unpaired) electrons. The highest BCUT2D eigenvalue weighted by molar-refractivity contribution is 7.99. The van der Waals surface area contributed by atoms with E-state index in [1.165, 1.54) is 17.8 Å². The summed E-state index contributed by atoms with van der Waals surface area (Å²) < 4.78 is 25.7. The van der Waals surface area contributed by atoms with Crippen LogP contribution in [-0.2, 0) is 0 Å². The topological polar surface area (TPSA) is 20.2 Å². The van der Waals surface area contributed by atoms with Crippen LogP contribution in [0.3, 0.4) is 0 Å². The first-order chi connectivity index (χ1) is 6.65. The van der Waals surface area contributed by atoms with Gasteiger partial charge in [-0.15, -0.1) is 0 Å². The number of benzene rings is 1. The van der Waals surface area contributed by atoms with Gasteiger partial charge in [0.15, 0.2) is 0 Å². The van der Waals surface area contributed by atoms with Crippen molar-refractivity contribution in [3.63, 3.8) is 0 Å². The highest BCUT2D eigenvalue weighted by Gasteiger charge is 2.12. The van der Waals surface area contributed by atoms with E-state index in [-0.39, 0.29) is 5.56 Å². The van der Waals surface area contributed by atoms with E-state index < -0.39 is 17.7 Å². The van der Waals surface area contributed by atoms with E-state index in [4.69, 9.17) is 0 Å². The third kappa shape index (κ3) is 2.96. The van der Waals surface area contributed by atoms with E-state index in [1.54, 1.807) is 0 Å². The van der Waals surface area contributed by atoms with E-state index in [0.29, 0.717) is 5.75 Å². The van der Waals surface area contributed by atoms with Crippen LogP contribution >= 0.6 is 11.8 Å². The molecule has 1 N–H and O–H groups in total. The summed E-state index contributed by atoms with van der Waals surface area (Å²) in [6.45, 7) is 1.96. The molecule has 1 atom stereocenters. The molecule has 4 heteroatoms. The third-order valence-electron chi connectivity index (χ3n) is 1.80. The summed E-state index contributed by atoms with van der Waals surface area (Å²) in [5.74, 6) is -0.0188. The minimum atomic E-state index is -0.861. The first kappa shape index (κ1) is 11.5. The molecule has 0 heterocycles. The average molecular weight is 218 g/mol. The fourth-order valence-corrected chi connectivity index (χ4v) is 1.73. The lowest BCUT2D eigenvalue weighted by atomic mass is 10.1. The molecule has 0 saturated heterocycles. The molecule has 0 aliphatic carbocycles. The van der Waals surface area contributed by atoms with Crippen molar-refractivity contribution in [3.8, 4) is 0 Å². The SMILES string of the molecule is CCSCC(O)c1ccc(F)cc1F. The summed E-state index contributed by atoms with van der Waals surface area (Å²) in [6.07, 6.45) is -0.861. The maximum atomic E-state index is 13.1. The maximum absolute atomic E-state index is 13.1. The lowest BCUT2D eigenvalue weighted by Crippen LogP contribution is -2.04. The molecule has 78 valence electrons. The van der Waals surface area contributed by atoms with Crippen molar-refractivity contribution in [2.45, 2.75) is 13.0 Å². The highest BCUT2D eigenvalue weighted by Crippen LogP contribution is 2.21. The first-order valence-electron chi connectivity index (χ1n) is 4.36. The predicted octanol–water partition coefficient (Wildman–Crippen LogP) is 2.75. The average Bonchev–Trinajstić information content (AvgIpc) is 2.14. The Morgan fingerprint density at radius 1 is 1.43 bits per heavy atom. The fourth-order valence-electron chi connectivity index (χ4n) is 1.09. The number of rotatable bonds is 4. The van der Waals surface area contributed by atoms with Crippen LogP contribution in [0.15, 0.2) is 18.2 Å². The van der Waals surface area contributed by atoms with Gasteiger partial charge in [-0.1, -0.05) is 13.0 Å². The van der Waals surface area contributed by atoms with Crippen molar-refractivity contribution in [2.75, 3.05) is 11.5 Å². The molecule has 1 aromatic carbocycles. The van der Waals surface area contributed by atoms with Crippen molar-refractivity contribution in [2.24, 2.45) is 0 Å². The van der Waals surface area contributed by atoms with Crippen LogP contribution in [0.5, 0.6) is 0 Å². The Morgan fingerprint density at radius 2 is 2.14 bits per heavy atom. The zero-order chi connectivity index (χ0) is 10.6. The standard InChI is InChI=1S/C10H12F2OS/c1-2-14-6-10(13)8-4-3-7(11)5-9(8)12/h3-5,10,13H,2,6H2,1H3. The molecule has 1 aromatic rings. The lowest BCUT2D eigenvalue weighted by Gasteiger charge is -2.10. The van der Waals surface area contributed by atoms with Gasteiger partial charge in [-0.2, -0.15) is 11.8 Å². The number of aliphatic hydroxyl groups excluding tert-OH is 1. The van der Waals surface area contributed by atoms with Gasteiger partial charge < -0.3 is 5.11 Å². The van der Waals surface area contributed by atoms with Crippen LogP contribution in [0, 0.1) is 11.6 Å². The largest absolute Gasteiger partial charge is 0.387 e. The van der Waals surface area contributed by atoms with Gasteiger partial charge in [0.05, 0.1) is 6.10 Å². The summed E-state index contributed by atoms with van der Waals surface area (Å²) in [6, 6.07) is 3.22. The zero-order valence-corrected chi connectivity index (χ0v) is 8.65. The van der Waals surface area contributed by atoms with Gasteiger partial charge in [-0.05, 0) is 11.8 Å². The van der Waals surface area contributed by atoms with Crippen molar-refractivity contribution in [1.29, 1.82) is 0 Å². The summed E-state index contributed by atoms with van der Waals surface area (Å²) in [5, 5.41) is 9.54. The molecule has 0 bridgehead atoms. The maximum Gasteiger partial charge on any atom is 0.131 e. The van der Waals surface area contributed by atoms with Gasteiger partial charge in [-0.3, -0.25) is 0 Å². The van der Waals surface area contributed by atoms with E-state index in [1.807, 2.05) is 6.92 Å². The van der Waals surface area contributed by atoms with Gasteiger partial charge in [-0.25, -0.2) is 8.78 Å². The highest BCUT2D eigenvalue weighted by atomic mass is 32.2. The van der Waals surface area contributed by atoms with Crippen LogP contribution < -0.4 is 0 Å². The second-order valence-electron chi connectivity index (χ2n) is 2.84. The van der Waals surface area contributed by atoms with Crippen LogP contribution in [0.2, 0.25) is 0 Å². The van der Waals surface area contributed by atoms with E-state index in [9.17, 15) is 13.9 Å². The quantitative estimate of drug-likeness (QED) is 0.838. The molecule has 1 unspecified atom stereocenters. The molecule has 0 aliphatic heterocycles. The Morgan fingerprint density at radius 3 is 2.71 bits per heavy atom. The van der Waals surface area contributed by atoms with Crippen LogP contribution in [-0.4, -0.2) is 16.6 Å². The molecule has 1 rings (SSSR count). The molecule has 0 amide bonds. The molecule has 0 fully saturated rings. The van der Waals surface area contributed by atoms with Crippen LogP contribution in [0.25, 0.3) is 0 Å². The minimum Gasteiger partial charge on any atom is -0.387 e. The predicted molar refractivity (Wildman–Crippen MR) is 54.3 cm³/mol. The Hall–Kier alpha value is -0.610. The van der Waals surface area contributed by atoms with Crippen molar-refractivity contribution in [1.82, 2.24) is 0 Å². The second kappa shape index (κ2) is 5.32. The van der Waals surface area contributed by atoms with Crippen LogP contribution in [0.4, 0.5) is 8.78 Å². The number of hydrogen-bond acceptors (Lipinski definition) is 2. The van der Waals surface area contributed by atoms with E-state index >= 15 is 0 Å². The van der Waals surface area contributed by atoms with E-state index in [2.05, 4.69) is 0 Å². The summed E-state index contributed by atoms with van der Waals surface area (Å²) in [4.78, 5) is 0. The minimum absolute atomic E-state index is 0.160. The Bertz CT molecular complexity index is 304. The number of halogens is 2. The van der Waals surface area contributed by atoms with Gasteiger partial charge in [0.25, 0.3) is 0 Å². The molecular formula is C10H12F2OS. The van der Waals surface area contributed by atoms with Crippen molar-refractivity contribution >= 4 is 11.8 Å². The van der Waals surface area contributed by atoms with Crippen LogP contribution in [0.1, 0.15) is 18.6 Å². The summed E-state index contributed by atoms with van der Waals surface area (Å²) in [7, 11) is 0. The summed E-state index contributed by atoms with van der Waals surface area (Å²) in [5.41, 5.74) is 0.160. The second-order valence-corrected chi connectivity index (χ2v) is 4.16. The van der Waals surface area contributed by atoms with Crippen molar-refractivity contribution in [3.05, 3.63) is 35.4 Å². The lowest BCUT2D eigenvalue weighted by molar-refractivity contribution is 0.198. The number of aliphatic hydroxyl groups is 1. The molecule has 0 aromatic heterocycles. The van der Waals surface area contributed by atoms with Gasteiger partial charge in [0, 0.05) is 17.4 Å². The molecular weight excluding hydrogens is 206 g/mol.